The number of methoxy groups -OCH3 is 1. The van der Waals surface area contributed by atoms with Gasteiger partial charge in [-0.3, -0.25) is 4.40 Å². The van der Waals surface area contributed by atoms with Crippen molar-refractivity contribution in [1.29, 1.82) is 0 Å². The predicted octanol–water partition coefficient (Wildman–Crippen LogP) is 4.63. The molecule has 2 heterocycles. The van der Waals surface area contributed by atoms with Crippen molar-refractivity contribution in [2.75, 3.05) is 7.11 Å². The molecule has 0 aliphatic carbocycles. The summed E-state index contributed by atoms with van der Waals surface area (Å²) in [6.07, 6.45) is 3.13. The van der Waals surface area contributed by atoms with Crippen molar-refractivity contribution >= 4 is 5.65 Å². The number of pyridine rings is 1. The van der Waals surface area contributed by atoms with E-state index in [-0.39, 0.29) is 0 Å². The van der Waals surface area contributed by atoms with E-state index in [4.69, 9.17) is 4.74 Å². The number of aromatic nitrogens is 3. The zero-order valence-corrected chi connectivity index (χ0v) is 14.3. The Morgan fingerprint density at radius 2 is 1.64 bits per heavy atom. The molecule has 25 heavy (non-hydrogen) atoms. The molecular formula is C21H19N3O. The van der Waals surface area contributed by atoms with Crippen LogP contribution in [-0.4, -0.2) is 21.7 Å². The maximum Gasteiger partial charge on any atom is 0.172 e. The average Bonchev–Trinajstić information content (AvgIpc) is 3.11. The van der Waals surface area contributed by atoms with Crippen molar-refractivity contribution in [3.63, 3.8) is 0 Å². The summed E-state index contributed by atoms with van der Waals surface area (Å²) in [6.45, 7) is 2.16. The van der Waals surface area contributed by atoms with Crippen LogP contribution >= 0.6 is 0 Å². The molecule has 0 N–H and O–H groups in total. The van der Waals surface area contributed by atoms with Gasteiger partial charge in [-0.15, -0.1) is 10.2 Å². The predicted molar refractivity (Wildman–Crippen MR) is 99.8 cm³/mol. The van der Waals surface area contributed by atoms with Gasteiger partial charge in [0.25, 0.3) is 0 Å². The van der Waals surface area contributed by atoms with Crippen LogP contribution < -0.4 is 4.74 Å². The normalized spacial score (nSPS) is 11.0. The van der Waals surface area contributed by atoms with E-state index in [1.807, 2.05) is 34.7 Å². The molecule has 4 aromatic rings. The molecule has 0 saturated carbocycles. The minimum atomic E-state index is 0.777. The van der Waals surface area contributed by atoms with Crippen LogP contribution in [0.4, 0.5) is 0 Å². The minimum absolute atomic E-state index is 0.777. The Labute approximate surface area is 146 Å². The lowest BCUT2D eigenvalue weighted by atomic mass is 10.0. The summed E-state index contributed by atoms with van der Waals surface area (Å²) in [5.74, 6) is 1.56. The standard InChI is InChI=1S/C21H19N3O/c1-3-15-8-10-16(11-9-15)17-12-13-20-22-23-21(24(20)14-17)18-6-4-5-7-19(18)25-2/h4-14H,3H2,1-2H3. The van der Waals surface area contributed by atoms with Gasteiger partial charge in [0, 0.05) is 6.20 Å². The van der Waals surface area contributed by atoms with Gasteiger partial charge < -0.3 is 4.74 Å². The van der Waals surface area contributed by atoms with Gasteiger partial charge in [-0.05, 0) is 47.4 Å². The molecule has 0 saturated heterocycles. The molecule has 0 aliphatic rings. The summed E-state index contributed by atoms with van der Waals surface area (Å²) in [5, 5.41) is 8.66. The SMILES string of the molecule is CCc1ccc(-c2ccc3nnc(-c4ccccc4OC)n3c2)cc1. The highest BCUT2D eigenvalue weighted by molar-refractivity contribution is 5.70. The Balaban J connectivity index is 1.85. The van der Waals surface area contributed by atoms with Crippen molar-refractivity contribution in [2.24, 2.45) is 0 Å². The third kappa shape index (κ3) is 2.76. The first-order valence-corrected chi connectivity index (χ1v) is 8.37. The largest absolute Gasteiger partial charge is 0.496 e. The Morgan fingerprint density at radius 1 is 0.880 bits per heavy atom. The molecule has 0 bridgehead atoms. The smallest absolute Gasteiger partial charge is 0.172 e. The minimum Gasteiger partial charge on any atom is -0.496 e. The van der Waals surface area contributed by atoms with E-state index >= 15 is 0 Å². The van der Waals surface area contributed by atoms with Crippen LogP contribution in [-0.2, 0) is 6.42 Å². The van der Waals surface area contributed by atoms with E-state index in [0.29, 0.717) is 0 Å². The first-order chi connectivity index (χ1) is 12.3. The molecule has 4 heteroatoms. The van der Waals surface area contributed by atoms with Crippen LogP contribution in [0, 0.1) is 0 Å². The molecule has 0 amide bonds. The van der Waals surface area contributed by atoms with E-state index in [1.54, 1.807) is 7.11 Å². The molecule has 0 fully saturated rings. The van der Waals surface area contributed by atoms with Crippen LogP contribution in [0.2, 0.25) is 0 Å². The number of fused-ring (bicyclic) bond motifs is 1. The fourth-order valence-corrected chi connectivity index (χ4v) is 3.01. The Bertz CT molecular complexity index is 1020. The highest BCUT2D eigenvalue weighted by Crippen LogP contribution is 2.29. The lowest BCUT2D eigenvalue weighted by Gasteiger charge is -2.08. The van der Waals surface area contributed by atoms with Gasteiger partial charge in [0.05, 0.1) is 12.7 Å². The quantitative estimate of drug-likeness (QED) is 0.548. The van der Waals surface area contributed by atoms with Crippen molar-refractivity contribution in [2.45, 2.75) is 13.3 Å². The number of ether oxygens (including phenoxy) is 1. The van der Waals surface area contributed by atoms with Crippen molar-refractivity contribution in [3.05, 3.63) is 72.4 Å². The average molecular weight is 329 g/mol. The van der Waals surface area contributed by atoms with Gasteiger partial charge in [-0.25, -0.2) is 0 Å². The number of nitrogens with zero attached hydrogens (tertiary/aromatic N) is 3. The summed E-state index contributed by atoms with van der Waals surface area (Å²) in [5.41, 5.74) is 5.39. The number of benzene rings is 2. The van der Waals surface area contributed by atoms with Crippen LogP contribution in [0.15, 0.2) is 66.9 Å². The zero-order valence-electron chi connectivity index (χ0n) is 14.3. The van der Waals surface area contributed by atoms with Gasteiger partial charge in [0.1, 0.15) is 5.75 Å². The Morgan fingerprint density at radius 3 is 2.40 bits per heavy atom. The third-order valence-electron chi connectivity index (χ3n) is 4.45. The summed E-state index contributed by atoms with van der Waals surface area (Å²) >= 11 is 0. The molecule has 0 atom stereocenters. The topological polar surface area (TPSA) is 39.4 Å². The second-order valence-corrected chi connectivity index (χ2v) is 5.92. The zero-order chi connectivity index (χ0) is 17.2. The maximum absolute atomic E-state index is 5.48. The first kappa shape index (κ1) is 15.4. The van der Waals surface area contributed by atoms with E-state index in [2.05, 4.69) is 53.6 Å². The first-order valence-electron chi connectivity index (χ1n) is 8.37. The molecule has 2 aromatic heterocycles. The van der Waals surface area contributed by atoms with Gasteiger partial charge in [0.2, 0.25) is 0 Å². The molecule has 2 aromatic carbocycles. The monoisotopic (exact) mass is 329 g/mol. The summed E-state index contributed by atoms with van der Waals surface area (Å²) < 4.78 is 7.49. The molecule has 0 spiro atoms. The maximum atomic E-state index is 5.48. The second kappa shape index (κ2) is 6.40. The number of aryl methyl sites for hydroxylation is 1. The van der Waals surface area contributed by atoms with Crippen molar-refractivity contribution in [1.82, 2.24) is 14.6 Å². The molecule has 4 nitrogen and oxygen atoms in total. The highest BCUT2D eigenvalue weighted by Gasteiger charge is 2.13. The third-order valence-corrected chi connectivity index (χ3v) is 4.45. The van der Waals surface area contributed by atoms with Gasteiger partial charge >= 0.3 is 0 Å². The molecule has 124 valence electrons. The Kier molecular flexibility index (Phi) is 3.94. The summed E-state index contributed by atoms with van der Waals surface area (Å²) in [6, 6.07) is 20.6. The fraction of sp³-hybridized carbons (Fsp3) is 0.143. The fourth-order valence-electron chi connectivity index (χ4n) is 3.01. The van der Waals surface area contributed by atoms with E-state index in [0.717, 1.165) is 34.8 Å². The van der Waals surface area contributed by atoms with Gasteiger partial charge in [-0.2, -0.15) is 0 Å². The van der Waals surface area contributed by atoms with Crippen LogP contribution in [0.3, 0.4) is 0 Å². The van der Waals surface area contributed by atoms with E-state index in [1.165, 1.54) is 11.1 Å². The molecule has 0 radical (unpaired) electrons. The number of para-hydroxylation sites is 1. The summed E-state index contributed by atoms with van der Waals surface area (Å²) in [4.78, 5) is 0. The number of hydrogen-bond donors (Lipinski definition) is 0. The molecule has 0 unspecified atom stereocenters. The van der Waals surface area contributed by atoms with Gasteiger partial charge in [0.15, 0.2) is 11.5 Å². The number of hydrogen-bond acceptors (Lipinski definition) is 3. The van der Waals surface area contributed by atoms with Crippen LogP contribution in [0.1, 0.15) is 12.5 Å². The van der Waals surface area contributed by atoms with Crippen LogP contribution in [0.25, 0.3) is 28.2 Å². The molecule has 4 rings (SSSR count). The Hall–Kier alpha value is -3.14. The van der Waals surface area contributed by atoms with Gasteiger partial charge in [-0.1, -0.05) is 43.3 Å². The highest BCUT2D eigenvalue weighted by atomic mass is 16.5. The van der Waals surface area contributed by atoms with Crippen molar-refractivity contribution in [3.8, 4) is 28.3 Å². The van der Waals surface area contributed by atoms with Crippen LogP contribution in [0.5, 0.6) is 5.75 Å². The lowest BCUT2D eigenvalue weighted by Crippen LogP contribution is -1.94. The second-order valence-electron chi connectivity index (χ2n) is 5.92. The molecular weight excluding hydrogens is 310 g/mol. The van der Waals surface area contributed by atoms with E-state index < -0.39 is 0 Å². The van der Waals surface area contributed by atoms with Crippen molar-refractivity contribution < 1.29 is 4.74 Å². The lowest BCUT2D eigenvalue weighted by molar-refractivity contribution is 0.416. The molecule has 0 aliphatic heterocycles. The summed E-state index contributed by atoms with van der Waals surface area (Å²) in [7, 11) is 1.67. The number of rotatable bonds is 4. The van der Waals surface area contributed by atoms with E-state index in [9.17, 15) is 0 Å².